The Kier molecular flexibility index (Phi) is 7.63. The van der Waals surface area contributed by atoms with Crippen molar-refractivity contribution in [2.75, 3.05) is 18.4 Å². The molecular weight excluding hydrogens is 534 g/mol. The monoisotopic (exact) mass is 569 g/mol. The van der Waals surface area contributed by atoms with Crippen LogP contribution in [-0.4, -0.2) is 71.6 Å². The van der Waals surface area contributed by atoms with Gasteiger partial charge in [-0.2, -0.15) is 0 Å². The van der Waals surface area contributed by atoms with E-state index in [1.165, 1.54) is 50.4 Å². The Morgan fingerprint density at radius 2 is 1.88 bits per heavy atom. The molecule has 0 radical (unpaired) electrons. The van der Waals surface area contributed by atoms with Crippen molar-refractivity contribution in [3.05, 3.63) is 83.6 Å². The second-order valence-electron chi connectivity index (χ2n) is 10.8. The Hall–Kier alpha value is -4.32. The van der Waals surface area contributed by atoms with Crippen molar-refractivity contribution in [1.82, 2.24) is 29.4 Å². The molecular formula is C31H35N7O4. The number of anilines is 1. The van der Waals surface area contributed by atoms with E-state index in [9.17, 15) is 15.0 Å². The number of para-hydroxylation sites is 1. The van der Waals surface area contributed by atoms with Gasteiger partial charge in [-0.1, -0.05) is 42.0 Å². The smallest absolute Gasteiger partial charge is 0.252 e. The molecule has 3 aromatic heterocycles. The van der Waals surface area contributed by atoms with Gasteiger partial charge in [0.25, 0.3) is 5.91 Å². The largest absolute Gasteiger partial charge is 0.387 e. The molecule has 1 amide bonds. The number of hydrogen-bond acceptors (Lipinski definition) is 8. The number of likely N-dealkylation sites (N-methyl/N-ethyl adjacent to an activating group) is 1. The highest BCUT2D eigenvalue weighted by Crippen LogP contribution is 2.32. The van der Waals surface area contributed by atoms with Crippen molar-refractivity contribution in [3.63, 3.8) is 0 Å². The van der Waals surface area contributed by atoms with Crippen molar-refractivity contribution in [1.29, 1.82) is 0 Å². The minimum Gasteiger partial charge on any atom is -0.387 e. The second kappa shape index (κ2) is 11.5. The Morgan fingerprint density at radius 1 is 1.05 bits per heavy atom. The topological polar surface area (TPSA) is 139 Å². The zero-order valence-electron chi connectivity index (χ0n) is 23.9. The van der Waals surface area contributed by atoms with Crippen molar-refractivity contribution in [3.8, 4) is 0 Å². The van der Waals surface area contributed by atoms with E-state index >= 15 is 0 Å². The van der Waals surface area contributed by atoms with Crippen LogP contribution in [0.5, 0.6) is 0 Å². The summed E-state index contributed by atoms with van der Waals surface area (Å²) in [5, 5.41) is 28.3. The van der Waals surface area contributed by atoms with Crippen LogP contribution in [-0.2, 0) is 22.5 Å². The Morgan fingerprint density at radius 3 is 2.71 bits per heavy atom. The number of aromatic nitrogens is 5. The maximum absolute atomic E-state index is 12.3. The number of hydrogen-bond donors (Lipinski definition) is 4. The lowest BCUT2D eigenvalue weighted by Gasteiger charge is -2.16. The van der Waals surface area contributed by atoms with Crippen molar-refractivity contribution in [2.45, 2.75) is 58.3 Å². The molecule has 0 unspecified atom stereocenters. The van der Waals surface area contributed by atoms with Crippen molar-refractivity contribution in [2.24, 2.45) is 0 Å². The van der Waals surface area contributed by atoms with Gasteiger partial charge in [-0.25, -0.2) is 15.0 Å². The van der Waals surface area contributed by atoms with Crippen LogP contribution in [0, 0.1) is 13.8 Å². The predicted octanol–water partition coefficient (Wildman–Crippen LogP) is 2.86. The number of imidazole rings is 1. The number of ether oxygens (including phenoxy) is 1. The molecule has 1 aliphatic heterocycles. The van der Waals surface area contributed by atoms with Gasteiger partial charge < -0.3 is 30.2 Å². The number of nitrogens with one attached hydrogen (secondary N) is 2. The van der Waals surface area contributed by atoms with E-state index in [0.717, 1.165) is 13.0 Å². The summed E-state index contributed by atoms with van der Waals surface area (Å²) in [6.07, 6.45) is 0.953. The molecule has 1 saturated heterocycles. The number of carbonyl (C=O) groups excluding carboxylic acids is 1. The van der Waals surface area contributed by atoms with Gasteiger partial charge in [0.05, 0.1) is 6.33 Å². The van der Waals surface area contributed by atoms with Gasteiger partial charge in [-0.15, -0.1) is 0 Å². The van der Waals surface area contributed by atoms with Gasteiger partial charge >= 0.3 is 0 Å². The fourth-order valence-electron chi connectivity index (χ4n) is 5.67. The normalized spacial score (nSPS) is 20.4. The molecule has 0 saturated carbocycles. The third-order valence-electron chi connectivity index (χ3n) is 7.88. The first-order valence-electron chi connectivity index (χ1n) is 14.2. The highest BCUT2D eigenvalue weighted by molar-refractivity contribution is 5.85. The minimum atomic E-state index is -1.38. The van der Waals surface area contributed by atoms with Gasteiger partial charge in [0.1, 0.15) is 18.5 Å². The highest BCUT2D eigenvalue weighted by atomic mass is 16.6. The Labute approximate surface area is 243 Å². The van der Waals surface area contributed by atoms with Crippen LogP contribution < -0.4 is 10.6 Å². The van der Waals surface area contributed by atoms with Crippen LogP contribution >= 0.6 is 0 Å². The molecule has 1 aliphatic rings. The molecule has 11 nitrogen and oxygen atoms in total. The van der Waals surface area contributed by atoms with Gasteiger partial charge in [0.15, 0.2) is 29.3 Å². The first-order chi connectivity index (χ1) is 20.4. The number of benzene rings is 2. The summed E-state index contributed by atoms with van der Waals surface area (Å²) in [5.41, 5.74) is 7.18. The average molecular weight is 570 g/mol. The third-order valence-corrected chi connectivity index (χ3v) is 7.88. The maximum atomic E-state index is 12.3. The molecule has 0 spiro atoms. The molecule has 0 aliphatic carbocycles. The summed E-state index contributed by atoms with van der Waals surface area (Å²) >= 11 is 0. The van der Waals surface area contributed by atoms with Gasteiger partial charge in [-0.05, 0) is 49.9 Å². The van der Waals surface area contributed by atoms with E-state index in [-0.39, 0.29) is 0 Å². The third kappa shape index (κ3) is 5.11. The zero-order chi connectivity index (χ0) is 29.4. The maximum Gasteiger partial charge on any atom is 0.252 e. The number of nitrogens with zero attached hydrogens (tertiary/aromatic N) is 5. The molecule has 6 rings (SSSR count). The number of rotatable bonds is 9. The van der Waals surface area contributed by atoms with E-state index in [0.29, 0.717) is 30.1 Å². The summed E-state index contributed by atoms with van der Waals surface area (Å²) in [7, 11) is 0. The van der Waals surface area contributed by atoms with Gasteiger partial charge in [0, 0.05) is 36.7 Å². The van der Waals surface area contributed by atoms with Crippen LogP contribution in [0.3, 0.4) is 0 Å². The van der Waals surface area contributed by atoms with E-state index < -0.39 is 30.4 Å². The SMILES string of the molecule is CCNC(=O)[C@H]1O[C@@H](n2cnc3c(NCCc4cn(Cc5cc(C)ccc5C)c5ccccc45)ncnc32)[C@H](O)[C@@H]1O. The van der Waals surface area contributed by atoms with Crippen molar-refractivity contribution >= 4 is 33.8 Å². The molecule has 4 N–H and O–H groups in total. The Balaban J connectivity index is 1.20. The van der Waals surface area contributed by atoms with Crippen LogP contribution in [0.4, 0.5) is 5.82 Å². The fraction of sp³-hybridized carbons (Fsp3) is 0.355. The quantitative estimate of drug-likeness (QED) is 0.213. The number of aliphatic hydroxyl groups is 2. The standard InChI is InChI=1S/C31H35N7O4/c1-4-32-30(41)27-25(39)26(40)31(42-27)38-17-36-24-28(34-16-35-29(24)38)33-12-11-20-14-37(23-8-6-5-7-22(20)23)15-21-13-18(2)9-10-19(21)3/h5-10,13-14,16-17,25-27,31,39-40H,4,11-12,15H2,1-3H3,(H,32,41)(H,33,34,35)/t25-,26+,27-,31+/m0/s1. The lowest BCUT2D eigenvalue weighted by atomic mass is 10.1. The van der Waals surface area contributed by atoms with E-state index in [1.807, 2.05) is 0 Å². The Bertz CT molecular complexity index is 1750. The first kappa shape index (κ1) is 27.8. The number of aryl methyl sites for hydroxylation is 2. The summed E-state index contributed by atoms with van der Waals surface area (Å²) in [6.45, 7) is 7.84. The van der Waals surface area contributed by atoms with E-state index in [4.69, 9.17) is 4.74 Å². The summed E-state index contributed by atoms with van der Waals surface area (Å²) < 4.78 is 9.59. The van der Waals surface area contributed by atoms with E-state index in [1.54, 1.807) is 6.92 Å². The lowest BCUT2D eigenvalue weighted by Crippen LogP contribution is -2.42. The average Bonchev–Trinajstić information content (AvgIpc) is 3.65. The van der Waals surface area contributed by atoms with Gasteiger partial charge in [0.2, 0.25) is 0 Å². The minimum absolute atomic E-state index is 0.384. The molecule has 2 aromatic carbocycles. The summed E-state index contributed by atoms with van der Waals surface area (Å²) in [5.74, 6) is 0.0644. The fourth-order valence-corrected chi connectivity index (χ4v) is 5.67. The van der Waals surface area contributed by atoms with Crippen LogP contribution in [0.1, 0.15) is 35.4 Å². The first-order valence-corrected chi connectivity index (χ1v) is 14.2. The molecule has 0 bridgehead atoms. The van der Waals surface area contributed by atoms with Crippen LogP contribution in [0.15, 0.2) is 61.3 Å². The number of carbonyl (C=O) groups is 1. The van der Waals surface area contributed by atoms with Crippen LogP contribution in [0.25, 0.3) is 22.1 Å². The molecule has 11 heteroatoms. The molecule has 4 atom stereocenters. The molecule has 4 heterocycles. The summed E-state index contributed by atoms with van der Waals surface area (Å²) in [6, 6.07) is 15.0. The van der Waals surface area contributed by atoms with E-state index in [2.05, 4.69) is 92.7 Å². The van der Waals surface area contributed by atoms with Crippen LogP contribution in [0.2, 0.25) is 0 Å². The zero-order valence-corrected chi connectivity index (χ0v) is 23.9. The molecule has 1 fully saturated rings. The predicted molar refractivity (Wildman–Crippen MR) is 159 cm³/mol. The molecule has 5 aromatic rings. The second-order valence-corrected chi connectivity index (χ2v) is 10.8. The summed E-state index contributed by atoms with van der Waals surface area (Å²) in [4.78, 5) is 25.5. The molecule has 42 heavy (non-hydrogen) atoms. The number of fused-ring (bicyclic) bond motifs is 2. The molecule has 218 valence electrons. The number of amides is 1. The van der Waals surface area contributed by atoms with Crippen molar-refractivity contribution < 1.29 is 19.7 Å². The lowest BCUT2D eigenvalue weighted by molar-refractivity contribution is -0.137. The number of aliphatic hydroxyl groups excluding tert-OH is 2. The highest BCUT2D eigenvalue weighted by Gasteiger charge is 2.47. The van der Waals surface area contributed by atoms with Gasteiger partial charge in [-0.3, -0.25) is 9.36 Å².